The summed E-state index contributed by atoms with van der Waals surface area (Å²) in [7, 11) is 0. The van der Waals surface area contributed by atoms with E-state index in [1.807, 2.05) is 30.3 Å². The van der Waals surface area contributed by atoms with Gasteiger partial charge < -0.3 is 5.11 Å². The van der Waals surface area contributed by atoms with Crippen LogP contribution < -0.4 is 0 Å². The van der Waals surface area contributed by atoms with Crippen molar-refractivity contribution in [1.82, 2.24) is 4.98 Å². The number of hydrogen-bond acceptors (Lipinski definition) is 2. The van der Waals surface area contributed by atoms with Gasteiger partial charge in [-0.15, -0.1) is 6.58 Å². The number of fused-ring (bicyclic) bond motifs is 1. The van der Waals surface area contributed by atoms with Crippen molar-refractivity contribution in [2.24, 2.45) is 0 Å². The first-order valence-corrected chi connectivity index (χ1v) is 7.41. The highest BCUT2D eigenvalue weighted by Crippen LogP contribution is 2.19. The molecule has 24 heavy (non-hydrogen) atoms. The molecule has 4 heteroatoms. The molecule has 0 aliphatic rings. The van der Waals surface area contributed by atoms with Crippen molar-refractivity contribution in [3.63, 3.8) is 0 Å². The fourth-order valence-corrected chi connectivity index (χ4v) is 2.39. The zero-order valence-electron chi connectivity index (χ0n) is 12.8. The molecule has 0 fully saturated rings. The van der Waals surface area contributed by atoms with Crippen LogP contribution in [0.25, 0.3) is 23.1 Å². The second kappa shape index (κ2) is 6.72. The first-order valence-electron chi connectivity index (χ1n) is 7.41. The van der Waals surface area contributed by atoms with E-state index in [0.717, 1.165) is 23.3 Å². The number of aliphatic hydroxyl groups excluding tert-OH is 1. The molecule has 3 aromatic rings. The topological polar surface area (TPSA) is 33.1 Å². The summed E-state index contributed by atoms with van der Waals surface area (Å²) >= 11 is 0. The van der Waals surface area contributed by atoms with Crippen LogP contribution in [0.15, 0.2) is 61.2 Å². The van der Waals surface area contributed by atoms with Crippen molar-refractivity contribution >= 4 is 23.1 Å². The third-order valence-corrected chi connectivity index (χ3v) is 3.67. The van der Waals surface area contributed by atoms with Crippen LogP contribution in [0.4, 0.5) is 8.78 Å². The zero-order chi connectivity index (χ0) is 17.1. The third-order valence-electron chi connectivity index (χ3n) is 3.67. The van der Waals surface area contributed by atoms with E-state index in [9.17, 15) is 13.9 Å². The molecule has 1 heterocycles. The number of aromatic nitrogens is 1. The van der Waals surface area contributed by atoms with E-state index in [2.05, 4.69) is 11.6 Å². The Morgan fingerprint density at radius 3 is 2.58 bits per heavy atom. The number of benzene rings is 2. The van der Waals surface area contributed by atoms with Gasteiger partial charge in [-0.3, -0.25) is 0 Å². The average Bonchev–Trinajstić information content (AvgIpc) is 2.60. The molecule has 0 bridgehead atoms. The summed E-state index contributed by atoms with van der Waals surface area (Å²) in [5.74, 6) is -1.80. The van der Waals surface area contributed by atoms with E-state index in [4.69, 9.17) is 0 Å². The summed E-state index contributed by atoms with van der Waals surface area (Å²) < 4.78 is 26.5. The van der Waals surface area contributed by atoms with Gasteiger partial charge in [-0.1, -0.05) is 36.4 Å². The van der Waals surface area contributed by atoms with Gasteiger partial charge in [0.1, 0.15) is 0 Å². The average molecular weight is 323 g/mol. The Hall–Kier alpha value is -2.85. The Morgan fingerprint density at radius 1 is 1.00 bits per heavy atom. The largest absolute Gasteiger partial charge is 0.384 e. The Kier molecular flexibility index (Phi) is 4.49. The van der Waals surface area contributed by atoms with Gasteiger partial charge in [0, 0.05) is 11.5 Å². The van der Waals surface area contributed by atoms with Crippen molar-refractivity contribution in [3.05, 3.63) is 89.6 Å². The minimum absolute atomic E-state index is 0.395. The lowest BCUT2D eigenvalue weighted by Gasteiger charge is -2.06. The molecule has 0 saturated heterocycles. The predicted molar refractivity (Wildman–Crippen MR) is 92.2 cm³/mol. The van der Waals surface area contributed by atoms with Crippen LogP contribution in [0.1, 0.15) is 22.9 Å². The molecule has 0 saturated carbocycles. The van der Waals surface area contributed by atoms with Gasteiger partial charge in [-0.2, -0.15) is 0 Å². The van der Waals surface area contributed by atoms with Crippen molar-refractivity contribution in [2.75, 3.05) is 0 Å². The van der Waals surface area contributed by atoms with E-state index < -0.39 is 17.7 Å². The summed E-state index contributed by atoms with van der Waals surface area (Å²) in [6.07, 6.45) is 4.37. The summed E-state index contributed by atoms with van der Waals surface area (Å²) in [4.78, 5) is 4.31. The molecule has 1 aromatic heterocycles. The van der Waals surface area contributed by atoms with Gasteiger partial charge in [-0.25, -0.2) is 13.8 Å². The van der Waals surface area contributed by atoms with Gasteiger partial charge in [0.25, 0.3) is 0 Å². The molecular weight excluding hydrogens is 308 g/mol. The molecule has 3 rings (SSSR count). The van der Waals surface area contributed by atoms with Crippen molar-refractivity contribution in [2.45, 2.75) is 6.10 Å². The molecule has 0 aliphatic carbocycles. The van der Waals surface area contributed by atoms with Crippen LogP contribution >= 0.6 is 0 Å². The maximum atomic E-state index is 13.3. The van der Waals surface area contributed by atoms with E-state index in [0.29, 0.717) is 16.6 Å². The molecule has 120 valence electrons. The minimum Gasteiger partial charge on any atom is -0.384 e. The monoisotopic (exact) mass is 323 g/mol. The number of nitrogens with zero attached hydrogens (tertiary/aromatic N) is 1. The lowest BCUT2D eigenvalue weighted by molar-refractivity contribution is 0.229. The summed E-state index contributed by atoms with van der Waals surface area (Å²) in [5, 5.41) is 10.3. The number of aliphatic hydroxyl groups is 1. The highest BCUT2D eigenvalue weighted by Gasteiger charge is 2.05. The first-order chi connectivity index (χ1) is 11.6. The van der Waals surface area contributed by atoms with Gasteiger partial charge in [0.05, 0.1) is 17.3 Å². The maximum Gasteiger partial charge on any atom is 0.161 e. The second-order valence-corrected chi connectivity index (χ2v) is 5.38. The molecular formula is C20H15F2NO. The molecule has 0 spiro atoms. The Morgan fingerprint density at radius 2 is 1.79 bits per heavy atom. The van der Waals surface area contributed by atoms with Gasteiger partial charge in [0.2, 0.25) is 0 Å². The molecule has 1 N–H and O–H groups in total. The van der Waals surface area contributed by atoms with Crippen LogP contribution in [0.5, 0.6) is 0 Å². The maximum absolute atomic E-state index is 13.3. The van der Waals surface area contributed by atoms with Crippen molar-refractivity contribution in [3.8, 4) is 0 Å². The lowest BCUT2D eigenvalue weighted by Crippen LogP contribution is -1.92. The summed E-state index contributed by atoms with van der Waals surface area (Å²) in [6.45, 7) is 3.57. The fourth-order valence-electron chi connectivity index (χ4n) is 2.39. The SMILES string of the molecule is C=CC(O)c1cccc(C=Cc2ccc3cc(F)c(F)cc3n2)c1. The first kappa shape index (κ1) is 16.0. The highest BCUT2D eigenvalue weighted by molar-refractivity contribution is 5.81. The van der Waals surface area contributed by atoms with Crippen LogP contribution in [-0.2, 0) is 0 Å². The summed E-state index contributed by atoms with van der Waals surface area (Å²) in [5.41, 5.74) is 2.66. The Labute approximate surface area is 138 Å². The van der Waals surface area contributed by atoms with E-state index in [1.54, 1.807) is 18.2 Å². The Balaban J connectivity index is 1.90. The fraction of sp³-hybridized carbons (Fsp3) is 0.0500. The zero-order valence-corrected chi connectivity index (χ0v) is 12.8. The van der Waals surface area contributed by atoms with Gasteiger partial charge in [0.15, 0.2) is 11.6 Å². The Bertz CT molecular complexity index is 934. The molecule has 0 radical (unpaired) electrons. The molecule has 1 unspecified atom stereocenters. The predicted octanol–water partition coefficient (Wildman–Crippen LogP) is 4.90. The van der Waals surface area contributed by atoms with E-state index in [1.165, 1.54) is 6.08 Å². The van der Waals surface area contributed by atoms with Gasteiger partial charge >= 0.3 is 0 Å². The van der Waals surface area contributed by atoms with Gasteiger partial charge in [-0.05, 0) is 35.4 Å². The van der Waals surface area contributed by atoms with E-state index >= 15 is 0 Å². The van der Waals surface area contributed by atoms with Crippen LogP contribution in [-0.4, -0.2) is 10.1 Å². The van der Waals surface area contributed by atoms with Crippen LogP contribution in [0, 0.1) is 11.6 Å². The van der Waals surface area contributed by atoms with E-state index in [-0.39, 0.29) is 0 Å². The van der Waals surface area contributed by atoms with Crippen molar-refractivity contribution < 1.29 is 13.9 Å². The lowest BCUT2D eigenvalue weighted by atomic mass is 10.1. The van der Waals surface area contributed by atoms with Crippen LogP contribution in [0.3, 0.4) is 0 Å². The third kappa shape index (κ3) is 3.39. The quantitative estimate of drug-likeness (QED) is 0.693. The molecule has 2 aromatic carbocycles. The molecule has 1 atom stereocenters. The number of hydrogen-bond donors (Lipinski definition) is 1. The molecule has 2 nitrogen and oxygen atoms in total. The number of pyridine rings is 1. The number of rotatable bonds is 4. The van der Waals surface area contributed by atoms with Crippen LogP contribution in [0.2, 0.25) is 0 Å². The summed E-state index contributed by atoms with van der Waals surface area (Å²) in [6, 6.07) is 13.0. The second-order valence-electron chi connectivity index (χ2n) is 5.38. The number of halogens is 2. The smallest absolute Gasteiger partial charge is 0.161 e. The molecule has 0 amide bonds. The standard InChI is InChI=1S/C20H15F2NO/c1-2-20(24)15-5-3-4-13(10-15)6-8-16-9-7-14-11-17(21)18(22)12-19(14)23-16/h2-12,20,24H,1H2. The minimum atomic E-state index is -0.915. The normalized spacial score (nSPS) is 12.6. The highest BCUT2D eigenvalue weighted by atomic mass is 19.2. The van der Waals surface area contributed by atoms with Crippen molar-refractivity contribution in [1.29, 1.82) is 0 Å². The molecule has 0 aliphatic heterocycles.